The molecular formula is C22H27N3O2. The molecule has 1 aliphatic heterocycles. The average Bonchev–Trinajstić information content (AvgIpc) is 2.70. The van der Waals surface area contributed by atoms with Gasteiger partial charge < -0.3 is 15.1 Å². The number of piperidine rings is 1. The van der Waals surface area contributed by atoms with E-state index in [1.54, 1.807) is 9.80 Å². The zero-order chi connectivity index (χ0) is 19.2. The van der Waals surface area contributed by atoms with Crippen molar-refractivity contribution in [2.24, 2.45) is 5.92 Å². The van der Waals surface area contributed by atoms with Crippen molar-refractivity contribution in [3.05, 3.63) is 65.7 Å². The topological polar surface area (TPSA) is 52.7 Å². The van der Waals surface area contributed by atoms with E-state index in [0.29, 0.717) is 19.6 Å². The quantitative estimate of drug-likeness (QED) is 0.893. The van der Waals surface area contributed by atoms with E-state index in [-0.39, 0.29) is 17.9 Å². The maximum atomic E-state index is 12.9. The van der Waals surface area contributed by atoms with E-state index < -0.39 is 0 Å². The van der Waals surface area contributed by atoms with Gasteiger partial charge in [-0.3, -0.25) is 4.79 Å². The maximum Gasteiger partial charge on any atom is 0.321 e. The Bertz CT molecular complexity index is 791. The van der Waals surface area contributed by atoms with Gasteiger partial charge in [0.15, 0.2) is 0 Å². The summed E-state index contributed by atoms with van der Waals surface area (Å²) in [6.07, 6.45) is 1.67. The molecule has 0 bridgehead atoms. The SMILES string of the molecule is Cc1ccccc1CN(C)C(=O)C1CCCN(C(=O)Nc2ccccc2)C1. The summed E-state index contributed by atoms with van der Waals surface area (Å²) in [5, 5.41) is 2.91. The van der Waals surface area contributed by atoms with Gasteiger partial charge in [-0.1, -0.05) is 42.5 Å². The van der Waals surface area contributed by atoms with E-state index in [1.165, 1.54) is 5.56 Å². The van der Waals surface area contributed by atoms with Gasteiger partial charge in [0, 0.05) is 32.4 Å². The second-order valence-electron chi connectivity index (χ2n) is 7.20. The first kappa shape index (κ1) is 19.0. The predicted octanol–water partition coefficient (Wildman–Crippen LogP) is 3.90. The summed E-state index contributed by atoms with van der Waals surface area (Å²) >= 11 is 0. The fourth-order valence-corrected chi connectivity index (χ4v) is 3.52. The molecule has 1 N–H and O–H groups in total. The van der Waals surface area contributed by atoms with E-state index in [0.717, 1.165) is 24.1 Å². The molecule has 1 saturated heterocycles. The molecule has 27 heavy (non-hydrogen) atoms. The van der Waals surface area contributed by atoms with Gasteiger partial charge >= 0.3 is 6.03 Å². The van der Waals surface area contributed by atoms with Gasteiger partial charge in [0.2, 0.25) is 5.91 Å². The number of urea groups is 1. The van der Waals surface area contributed by atoms with E-state index in [9.17, 15) is 9.59 Å². The molecule has 5 heteroatoms. The van der Waals surface area contributed by atoms with E-state index in [1.807, 2.05) is 49.5 Å². The van der Waals surface area contributed by atoms with Crippen LogP contribution in [0.1, 0.15) is 24.0 Å². The molecule has 2 aromatic rings. The zero-order valence-corrected chi connectivity index (χ0v) is 16.0. The molecule has 0 spiro atoms. The van der Waals surface area contributed by atoms with E-state index in [4.69, 9.17) is 0 Å². The summed E-state index contributed by atoms with van der Waals surface area (Å²) in [5.41, 5.74) is 3.11. The van der Waals surface area contributed by atoms with Crippen molar-refractivity contribution >= 4 is 17.6 Å². The van der Waals surface area contributed by atoms with Gasteiger partial charge in [0.1, 0.15) is 0 Å². The van der Waals surface area contributed by atoms with Crippen LogP contribution in [0.15, 0.2) is 54.6 Å². The highest BCUT2D eigenvalue weighted by Crippen LogP contribution is 2.21. The fraction of sp³-hybridized carbons (Fsp3) is 0.364. The van der Waals surface area contributed by atoms with Crippen molar-refractivity contribution in [3.63, 3.8) is 0 Å². The highest BCUT2D eigenvalue weighted by Gasteiger charge is 2.30. The summed E-state index contributed by atoms with van der Waals surface area (Å²) in [6, 6.07) is 17.4. The van der Waals surface area contributed by atoms with Gasteiger partial charge in [-0.25, -0.2) is 4.79 Å². The molecule has 3 rings (SSSR count). The molecule has 1 atom stereocenters. The molecule has 1 fully saturated rings. The first-order chi connectivity index (χ1) is 13.0. The maximum absolute atomic E-state index is 12.9. The molecule has 2 aromatic carbocycles. The molecule has 1 heterocycles. The number of rotatable bonds is 4. The lowest BCUT2D eigenvalue weighted by Crippen LogP contribution is -2.47. The number of likely N-dealkylation sites (tertiary alicyclic amines) is 1. The Morgan fingerprint density at radius 3 is 2.56 bits per heavy atom. The van der Waals surface area contributed by atoms with Crippen molar-refractivity contribution in [2.45, 2.75) is 26.3 Å². The van der Waals surface area contributed by atoms with Crippen LogP contribution in [0.4, 0.5) is 10.5 Å². The lowest BCUT2D eigenvalue weighted by atomic mass is 9.96. The van der Waals surface area contributed by atoms with Gasteiger partial charge in [-0.15, -0.1) is 0 Å². The van der Waals surface area contributed by atoms with Gasteiger partial charge in [-0.2, -0.15) is 0 Å². The number of anilines is 1. The Morgan fingerprint density at radius 1 is 1.11 bits per heavy atom. The average molecular weight is 365 g/mol. The molecule has 0 aliphatic carbocycles. The third kappa shape index (κ3) is 4.88. The minimum atomic E-state index is -0.144. The Morgan fingerprint density at radius 2 is 1.81 bits per heavy atom. The molecule has 1 aliphatic rings. The van der Waals surface area contributed by atoms with Crippen LogP contribution in [0.2, 0.25) is 0 Å². The first-order valence-corrected chi connectivity index (χ1v) is 9.45. The number of hydrogen-bond acceptors (Lipinski definition) is 2. The largest absolute Gasteiger partial charge is 0.341 e. The van der Waals surface area contributed by atoms with Crippen LogP contribution >= 0.6 is 0 Å². The Labute approximate surface area is 161 Å². The van der Waals surface area contributed by atoms with Gasteiger partial charge in [0.05, 0.1) is 5.92 Å². The smallest absolute Gasteiger partial charge is 0.321 e. The van der Waals surface area contributed by atoms with Crippen molar-refractivity contribution in [1.82, 2.24) is 9.80 Å². The molecule has 0 radical (unpaired) electrons. The molecule has 3 amide bonds. The third-order valence-electron chi connectivity index (χ3n) is 5.13. The monoisotopic (exact) mass is 365 g/mol. The second kappa shape index (κ2) is 8.71. The predicted molar refractivity (Wildman–Crippen MR) is 107 cm³/mol. The number of benzene rings is 2. The van der Waals surface area contributed by atoms with Crippen molar-refractivity contribution in [2.75, 3.05) is 25.5 Å². The molecule has 0 saturated carbocycles. The van der Waals surface area contributed by atoms with Crippen LogP contribution in [0.5, 0.6) is 0 Å². The normalized spacial score (nSPS) is 16.7. The molecular weight excluding hydrogens is 338 g/mol. The Balaban J connectivity index is 1.59. The lowest BCUT2D eigenvalue weighted by molar-refractivity contribution is -0.136. The standard InChI is InChI=1S/C22H27N3O2/c1-17-9-6-7-10-18(17)15-24(2)21(26)19-11-8-14-25(16-19)22(27)23-20-12-4-3-5-13-20/h3-7,9-10,12-13,19H,8,11,14-16H2,1-2H3,(H,23,27). The number of carbonyl (C=O) groups is 2. The highest BCUT2D eigenvalue weighted by molar-refractivity contribution is 5.90. The molecule has 0 aromatic heterocycles. The van der Waals surface area contributed by atoms with Crippen LogP contribution in [0.3, 0.4) is 0 Å². The van der Waals surface area contributed by atoms with Crippen LogP contribution in [-0.4, -0.2) is 41.9 Å². The second-order valence-corrected chi connectivity index (χ2v) is 7.20. The third-order valence-corrected chi connectivity index (χ3v) is 5.13. The van der Waals surface area contributed by atoms with Crippen molar-refractivity contribution in [3.8, 4) is 0 Å². The lowest BCUT2D eigenvalue weighted by Gasteiger charge is -2.34. The summed E-state index contributed by atoms with van der Waals surface area (Å²) in [4.78, 5) is 29.0. The molecule has 5 nitrogen and oxygen atoms in total. The number of para-hydroxylation sites is 1. The minimum absolute atomic E-state index is 0.107. The fourth-order valence-electron chi connectivity index (χ4n) is 3.52. The number of aryl methyl sites for hydroxylation is 1. The summed E-state index contributed by atoms with van der Waals surface area (Å²) < 4.78 is 0. The zero-order valence-electron chi connectivity index (χ0n) is 16.0. The minimum Gasteiger partial charge on any atom is -0.341 e. The van der Waals surface area contributed by atoms with Crippen molar-refractivity contribution < 1.29 is 9.59 Å². The summed E-state index contributed by atoms with van der Waals surface area (Å²) in [6.45, 7) is 3.81. The van der Waals surface area contributed by atoms with Crippen LogP contribution in [0.25, 0.3) is 0 Å². The molecule has 142 valence electrons. The Hall–Kier alpha value is -2.82. The summed E-state index contributed by atoms with van der Waals surface area (Å²) in [7, 11) is 1.84. The Kier molecular flexibility index (Phi) is 6.12. The number of carbonyl (C=O) groups excluding carboxylic acids is 2. The van der Waals surface area contributed by atoms with E-state index >= 15 is 0 Å². The van der Waals surface area contributed by atoms with Gasteiger partial charge in [-0.05, 0) is 43.0 Å². The van der Waals surface area contributed by atoms with Crippen molar-refractivity contribution in [1.29, 1.82) is 0 Å². The number of nitrogens with zero attached hydrogens (tertiary/aromatic N) is 2. The number of nitrogens with one attached hydrogen (secondary N) is 1. The number of hydrogen-bond donors (Lipinski definition) is 1. The van der Waals surface area contributed by atoms with Gasteiger partial charge in [0.25, 0.3) is 0 Å². The van der Waals surface area contributed by atoms with E-state index in [2.05, 4.69) is 24.4 Å². The molecule has 1 unspecified atom stereocenters. The summed E-state index contributed by atoms with van der Waals surface area (Å²) in [5.74, 6) is -0.0373. The van der Waals surface area contributed by atoms with Crippen LogP contribution in [0, 0.1) is 12.8 Å². The van der Waals surface area contributed by atoms with Crippen LogP contribution in [-0.2, 0) is 11.3 Å². The highest BCUT2D eigenvalue weighted by atomic mass is 16.2. The number of amides is 3. The van der Waals surface area contributed by atoms with Crippen LogP contribution < -0.4 is 5.32 Å². The first-order valence-electron chi connectivity index (χ1n) is 9.45.